The fourth-order valence-electron chi connectivity index (χ4n) is 3.80. The van der Waals surface area contributed by atoms with E-state index in [1.807, 2.05) is 15.7 Å². The van der Waals surface area contributed by atoms with Crippen LogP contribution in [0.2, 0.25) is 0 Å². The Balaban J connectivity index is 2.25. The number of benzene rings is 2. The molecule has 0 spiro atoms. The van der Waals surface area contributed by atoms with Crippen LogP contribution in [0.1, 0.15) is 56.8 Å². The number of pyridine rings is 1. The summed E-state index contributed by atoms with van der Waals surface area (Å²) >= 11 is 0. The number of anilines is 2. The van der Waals surface area contributed by atoms with Crippen LogP contribution in [-0.2, 0) is 14.8 Å². The molecule has 0 unspecified atom stereocenters. The molecule has 38 heavy (non-hydrogen) atoms. The van der Waals surface area contributed by atoms with Gasteiger partial charge in [-0.15, -0.1) is 0 Å². The first-order valence-corrected chi connectivity index (χ1v) is 14.1. The lowest BCUT2D eigenvalue weighted by Crippen LogP contribution is -2.31. The maximum atomic E-state index is 13.4. The Morgan fingerprint density at radius 2 is 1.66 bits per heavy atom. The van der Waals surface area contributed by atoms with Crippen molar-refractivity contribution in [1.82, 2.24) is 9.71 Å². The largest absolute Gasteiger partial charge is 0.454 e. The van der Waals surface area contributed by atoms with Gasteiger partial charge in [-0.2, -0.15) is 0 Å². The summed E-state index contributed by atoms with van der Waals surface area (Å²) in [5, 5.41) is 2.76. The molecule has 0 bridgehead atoms. The van der Waals surface area contributed by atoms with E-state index in [-0.39, 0.29) is 16.2 Å². The van der Waals surface area contributed by atoms with Crippen molar-refractivity contribution in [2.45, 2.75) is 51.3 Å². The van der Waals surface area contributed by atoms with Crippen LogP contribution in [-0.4, -0.2) is 38.3 Å². The quantitative estimate of drug-likeness (QED) is 0.301. The van der Waals surface area contributed by atoms with Gasteiger partial charge in [-0.05, 0) is 49.2 Å². The van der Waals surface area contributed by atoms with Gasteiger partial charge in [0.05, 0.1) is 17.6 Å². The van der Waals surface area contributed by atoms with Gasteiger partial charge < -0.3 is 15.0 Å². The number of carbonyl (C=O) groups is 2. The number of amides is 2. The van der Waals surface area contributed by atoms with E-state index in [2.05, 4.69) is 24.1 Å². The minimum absolute atomic E-state index is 0.0510. The molecule has 1 aromatic heterocycles. The molecule has 0 atom stereocenters. The molecule has 0 aliphatic heterocycles. The Morgan fingerprint density at radius 3 is 2.24 bits per heavy atom. The monoisotopic (exact) mass is 538 g/mol. The van der Waals surface area contributed by atoms with Gasteiger partial charge in [0.25, 0.3) is 15.9 Å². The molecule has 10 heteroatoms. The second-order valence-electron chi connectivity index (χ2n) is 8.79. The van der Waals surface area contributed by atoms with Gasteiger partial charge in [-0.25, -0.2) is 13.1 Å². The third-order valence-corrected chi connectivity index (χ3v) is 7.09. The predicted molar refractivity (Wildman–Crippen MR) is 148 cm³/mol. The van der Waals surface area contributed by atoms with Crippen molar-refractivity contribution in [3.8, 4) is 11.5 Å². The Kier molecular flexibility index (Phi) is 10.2. The smallest absolute Gasteiger partial charge is 0.267 e. The zero-order valence-corrected chi connectivity index (χ0v) is 22.8. The Bertz CT molecular complexity index is 1320. The molecule has 0 fully saturated rings. The summed E-state index contributed by atoms with van der Waals surface area (Å²) in [5.41, 5.74) is 1.02. The summed E-state index contributed by atoms with van der Waals surface area (Å²) in [7, 11) is -4.38. The third kappa shape index (κ3) is 7.79. The number of ether oxygens (including phenoxy) is 1. The highest BCUT2D eigenvalue weighted by atomic mass is 32.2. The Hall–Kier alpha value is -3.92. The summed E-state index contributed by atoms with van der Waals surface area (Å²) in [6.45, 7) is 6.53. The van der Waals surface area contributed by atoms with E-state index in [4.69, 9.17) is 4.74 Å². The van der Waals surface area contributed by atoms with Crippen LogP contribution in [0, 0.1) is 0 Å². The molecule has 0 saturated carbocycles. The first-order chi connectivity index (χ1) is 18.2. The van der Waals surface area contributed by atoms with E-state index in [0.29, 0.717) is 30.2 Å². The van der Waals surface area contributed by atoms with E-state index in [9.17, 15) is 18.0 Å². The van der Waals surface area contributed by atoms with E-state index in [0.717, 1.165) is 32.6 Å². The molecule has 2 N–H and O–H groups in total. The van der Waals surface area contributed by atoms with Gasteiger partial charge in [-0.3, -0.25) is 14.6 Å². The molecule has 0 aliphatic carbocycles. The molecule has 3 rings (SSSR count). The van der Waals surface area contributed by atoms with Crippen LogP contribution in [0.3, 0.4) is 0 Å². The summed E-state index contributed by atoms with van der Waals surface area (Å²) in [4.78, 5) is 30.9. The van der Waals surface area contributed by atoms with E-state index in [1.54, 1.807) is 48.7 Å². The molecular weight excluding hydrogens is 504 g/mol. The zero-order valence-electron chi connectivity index (χ0n) is 21.9. The molecule has 3 aromatic rings. The highest BCUT2D eigenvalue weighted by Gasteiger charge is 2.29. The average Bonchev–Trinajstić information content (AvgIpc) is 2.89. The van der Waals surface area contributed by atoms with Crippen molar-refractivity contribution >= 4 is 33.2 Å². The van der Waals surface area contributed by atoms with Crippen molar-refractivity contribution < 1.29 is 22.7 Å². The molecule has 0 saturated heterocycles. The molecule has 2 amide bonds. The Morgan fingerprint density at radius 1 is 0.974 bits per heavy atom. The predicted octanol–water partition coefficient (Wildman–Crippen LogP) is 5.36. The third-order valence-electron chi connectivity index (χ3n) is 5.65. The molecule has 0 aliphatic rings. The fourth-order valence-corrected chi connectivity index (χ4v) is 4.96. The van der Waals surface area contributed by atoms with E-state index < -0.39 is 21.8 Å². The molecule has 202 valence electrons. The fraction of sp³-hybridized carbons (Fsp3) is 0.321. The van der Waals surface area contributed by atoms with Gasteiger partial charge in [0.1, 0.15) is 10.6 Å². The number of hydrogen-bond acceptors (Lipinski definition) is 7. The topological polar surface area (TPSA) is 118 Å². The maximum absolute atomic E-state index is 13.4. The second kappa shape index (κ2) is 13.6. The number of nitrogens with zero attached hydrogens (tertiary/aromatic N) is 2. The molecule has 2 aromatic carbocycles. The lowest BCUT2D eigenvalue weighted by atomic mass is 10.1. The highest BCUT2D eigenvalue weighted by molar-refractivity contribution is 7.90. The van der Waals surface area contributed by atoms with Crippen LogP contribution in [0.4, 0.5) is 11.4 Å². The zero-order chi connectivity index (χ0) is 27.5. The summed E-state index contributed by atoms with van der Waals surface area (Å²) < 4.78 is 35.0. The number of rotatable bonds is 13. The summed E-state index contributed by atoms with van der Waals surface area (Å²) in [5.74, 6) is -0.798. The molecule has 9 nitrogen and oxygen atoms in total. The lowest BCUT2D eigenvalue weighted by molar-refractivity contribution is -0.117. The van der Waals surface area contributed by atoms with Gasteiger partial charge >= 0.3 is 0 Å². The SMILES string of the molecule is CCCCN(CCCC)c1cc(C(=O)Nc2cccnc2)cc(S(=O)(=O)NC(C)=O)c1Oc1ccccc1. The minimum Gasteiger partial charge on any atom is -0.454 e. The second-order valence-corrected chi connectivity index (χ2v) is 10.4. The molecular formula is C28H34N4O5S. The number of sulfonamides is 1. The van der Waals surface area contributed by atoms with Crippen LogP contribution in [0.15, 0.2) is 71.9 Å². The van der Waals surface area contributed by atoms with Crippen molar-refractivity contribution in [3.63, 3.8) is 0 Å². The number of aromatic nitrogens is 1. The first-order valence-electron chi connectivity index (χ1n) is 12.7. The van der Waals surface area contributed by atoms with Gasteiger partial charge in [0.2, 0.25) is 5.91 Å². The number of unbranched alkanes of at least 4 members (excludes halogenated alkanes) is 2. The number of carbonyl (C=O) groups excluding carboxylic acids is 2. The Labute approximate surface area is 224 Å². The highest BCUT2D eigenvalue weighted by Crippen LogP contribution is 2.40. The van der Waals surface area contributed by atoms with Gasteiger partial charge in [0, 0.05) is 31.8 Å². The summed E-state index contributed by atoms with van der Waals surface area (Å²) in [6, 6.07) is 15.0. The van der Waals surface area contributed by atoms with Crippen molar-refractivity contribution in [1.29, 1.82) is 0 Å². The van der Waals surface area contributed by atoms with E-state index >= 15 is 0 Å². The molecule has 0 radical (unpaired) electrons. The van der Waals surface area contributed by atoms with Crippen molar-refractivity contribution in [3.05, 3.63) is 72.6 Å². The number of hydrogen-bond donors (Lipinski definition) is 2. The van der Waals surface area contributed by atoms with Crippen molar-refractivity contribution in [2.24, 2.45) is 0 Å². The van der Waals surface area contributed by atoms with Crippen LogP contribution < -0.4 is 19.7 Å². The maximum Gasteiger partial charge on any atom is 0.267 e. The van der Waals surface area contributed by atoms with Gasteiger partial charge in [0.15, 0.2) is 5.75 Å². The van der Waals surface area contributed by atoms with Crippen LogP contribution in [0.25, 0.3) is 0 Å². The summed E-state index contributed by atoms with van der Waals surface area (Å²) in [6.07, 6.45) is 6.64. The van der Waals surface area contributed by atoms with Crippen LogP contribution in [0.5, 0.6) is 11.5 Å². The van der Waals surface area contributed by atoms with Crippen molar-refractivity contribution in [2.75, 3.05) is 23.3 Å². The molecule has 1 heterocycles. The lowest BCUT2D eigenvalue weighted by Gasteiger charge is -2.28. The van der Waals surface area contributed by atoms with Crippen LogP contribution >= 0.6 is 0 Å². The minimum atomic E-state index is -4.38. The average molecular weight is 539 g/mol. The first kappa shape index (κ1) is 28.6. The van der Waals surface area contributed by atoms with Gasteiger partial charge in [-0.1, -0.05) is 44.9 Å². The standard InChI is InChI=1S/C28H34N4O5S/c1-4-6-16-32(17-7-5-2)25-18-22(28(34)30-23-12-11-15-29-20-23)19-26(38(35,36)31-21(3)33)27(25)37-24-13-9-8-10-14-24/h8-15,18-20H,4-7,16-17H2,1-3H3,(H,30,34)(H,31,33). The number of nitrogens with one attached hydrogen (secondary N) is 2. The normalized spacial score (nSPS) is 11.0. The number of para-hydroxylation sites is 1. The van der Waals surface area contributed by atoms with E-state index in [1.165, 1.54) is 12.3 Å².